The normalized spacial score (nSPS) is 26.8. The average Bonchev–Trinajstić information content (AvgIpc) is 2.47. The van der Waals surface area contributed by atoms with Crippen molar-refractivity contribution in [3.63, 3.8) is 0 Å². The van der Waals surface area contributed by atoms with Gasteiger partial charge in [0.1, 0.15) is 5.84 Å². The molecule has 2 fully saturated rings. The number of amidine groups is 1. The fraction of sp³-hybridized carbons (Fsp3) is 0.562. The van der Waals surface area contributed by atoms with Crippen molar-refractivity contribution in [2.24, 2.45) is 17.6 Å². The molecule has 1 aromatic rings. The van der Waals surface area contributed by atoms with Gasteiger partial charge in [-0.2, -0.15) is 0 Å². The number of piperidine rings is 1. The van der Waals surface area contributed by atoms with Gasteiger partial charge >= 0.3 is 0 Å². The number of anilines is 1. The third-order valence-corrected chi connectivity index (χ3v) is 4.83. The van der Waals surface area contributed by atoms with E-state index >= 15 is 0 Å². The lowest BCUT2D eigenvalue weighted by Gasteiger charge is -2.42. The van der Waals surface area contributed by atoms with Crippen LogP contribution >= 0.6 is 0 Å². The minimum absolute atomic E-state index is 0.150. The van der Waals surface area contributed by atoms with E-state index in [1.807, 2.05) is 12.1 Å². The highest BCUT2D eigenvalue weighted by Crippen LogP contribution is 2.37. The number of fused-ring (bicyclic) bond motifs is 1. The predicted octanol–water partition coefficient (Wildman–Crippen LogP) is 2.99. The van der Waals surface area contributed by atoms with Crippen LogP contribution < -0.4 is 10.6 Å². The Labute approximate surface area is 115 Å². The zero-order valence-electron chi connectivity index (χ0n) is 11.4. The maximum atomic E-state index is 7.44. The quantitative estimate of drug-likeness (QED) is 0.632. The molecule has 0 amide bonds. The SMILES string of the molecule is N=C(N)c1ccc(N2CCC3CCCCC3C2)cc1. The van der Waals surface area contributed by atoms with E-state index in [1.165, 1.54) is 50.9 Å². The van der Waals surface area contributed by atoms with Crippen molar-refractivity contribution in [1.29, 1.82) is 5.41 Å². The highest BCUT2D eigenvalue weighted by Gasteiger charge is 2.31. The van der Waals surface area contributed by atoms with E-state index in [0.29, 0.717) is 0 Å². The summed E-state index contributed by atoms with van der Waals surface area (Å²) < 4.78 is 0. The summed E-state index contributed by atoms with van der Waals surface area (Å²) in [5.41, 5.74) is 7.60. The van der Waals surface area contributed by atoms with E-state index in [2.05, 4.69) is 17.0 Å². The minimum atomic E-state index is 0.150. The van der Waals surface area contributed by atoms with E-state index in [4.69, 9.17) is 11.1 Å². The summed E-state index contributed by atoms with van der Waals surface area (Å²) in [6.45, 7) is 2.39. The average molecular weight is 257 g/mol. The summed E-state index contributed by atoms with van der Waals surface area (Å²) in [5, 5.41) is 7.44. The molecule has 19 heavy (non-hydrogen) atoms. The Morgan fingerprint density at radius 3 is 2.42 bits per heavy atom. The van der Waals surface area contributed by atoms with Crippen LogP contribution in [0.15, 0.2) is 24.3 Å². The summed E-state index contributed by atoms with van der Waals surface area (Å²) in [5.74, 6) is 2.02. The molecule has 1 saturated carbocycles. The lowest BCUT2D eigenvalue weighted by molar-refractivity contribution is 0.202. The number of hydrogen-bond acceptors (Lipinski definition) is 2. The smallest absolute Gasteiger partial charge is 0.122 e. The number of hydrogen-bond donors (Lipinski definition) is 2. The predicted molar refractivity (Wildman–Crippen MR) is 79.7 cm³/mol. The lowest BCUT2D eigenvalue weighted by Crippen LogP contribution is -2.41. The van der Waals surface area contributed by atoms with Gasteiger partial charge < -0.3 is 10.6 Å². The van der Waals surface area contributed by atoms with Gasteiger partial charge in [0, 0.05) is 24.3 Å². The van der Waals surface area contributed by atoms with Crippen molar-refractivity contribution in [3.05, 3.63) is 29.8 Å². The first-order valence-electron chi connectivity index (χ1n) is 7.43. The van der Waals surface area contributed by atoms with E-state index in [-0.39, 0.29) is 5.84 Å². The molecular formula is C16H23N3. The molecule has 3 heteroatoms. The molecule has 2 aliphatic rings. The topological polar surface area (TPSA) is 53.1 Å². The largest absolute Gasteiger partial charge is 0.384 e. The molecule has 2 unspecified atom stereocenters. The molecule has 1 aliphatic carbocycles. The third kappa shape index (κ3) is 2.60. The van der Waals surface area contributed by atoms with Crippen LogP contribution in [-0.2, 0) is 0 Å². The Bertz CT molecular complexity index is 452. The summed E-state index contributed by atoms with van der Waals surface area (Å²) in [6, 6.07) is 8.15. The highest BCUT2D eigenvalue weighted by molar-refractivity contribution is 5.95. The van der Waals surface area contributed by atoms with E-state index < -0.39 is 0 Å². The molecule has 1 aliphatic heterocycles. The fourth-order valence-corrected chi connectivity index (χ4v) is 3.69. The first-order chi connectivity index (χ1) is 9.24. The Kier molecular flexibility index (Phi) is 3.45. The monoisotopic (exact) mass is 257 g/mol. The van der Waals surface area contributed by atoms with Gasteiger partial charge in [-0.05, 0) is 48.9 Å². The Hall–Kier alpha value is -1.51. The van der Waals surface area contributed by atoms with Gasteiger partial charge in [-0.1, -0.05) is 19.3 Å². The molecule has 2 atom stereocenters. The van der Waals surface area contributed by atoms with Crippen molar-refractivity contribution in [2.75, 3.05) is 18.0 Å². The zero-order chi connectivity index (χ0) is 13.2. The van der Waals surface area contributed by atoms with Crippen LogP contribution in [0, 0.1) is 17.2 Å². The Morgan fingerprint density at radius 2 is 1.74 bits per heavy atom. The number of rotatable bonds is 2. The van der Waals surface area contributed by atoms with Crippen LogP contribution in [0.25, 0.3) is 0 Å². The number of nitrogens with one attached hydrogen (secondary N) is 1. The Balaban J connectivity index is 1.70. The molecule has 102 valence electrons. The molecule has 0 bridgehead atoms. The molecule has 0 aromatic heterocycles. The third-order valence-electron chi connectivity index (χ3n) is 4.83. The van der Waals surface area contributed by atoms with Crippen molar-refractivity contribution < 1.29 is 0 Å². The van der Waals surface area contributed by atoms with Crippen LogP contribution in [-0.4, -0.2) is 18.9 Å². The molecule has 0 radical (unpaired) electrons. The first kappa shape index (κ1) is 12.5. The van der Waals surface area contributed by atoms with Gasteiger partial charge in [-0.15, -0.1) is 0 Å². The lowest BCUT2D eigenvalue weighted by atomic mass is 9.75. The maximum absolute atomic E-state index is 7.44. The van der Waals surface area contributed by atoms with Gasteiger partial charge in [0.25, 0.3) is 0 Å². The Morgan fingerprint density at radius 1 is 1.05 bits per heavy atom. The fourth-order valence-electron chi connectivity index (χ4n) is 3.69. The number of nitrogen functional groups attached to an aromatic ring is 1. The summed E-state index contributed by atoms with van der Waals surface area (Å²) in [6.07, 6.45) is 7.06. The van der Waals surface area contributed by atoms with Gasteiger partial charge in [-0.3, -0.25) is 5.41 Å². The van der Waals surface area contributed by atoms with Gasteiger partial charge in [-0.25, -0.2) is 0 Å². The first-order valence-corrected chi connectivity index (χ1v) is 7.43. The summed E-state index contributed by atoms with van der Waals surface area (Å²) >= 11 is 0. The number of nitrogens with two attached hydrogens (primary N) is 1. The van der Waals surface area contributed by atoms with Crippen LogP contribution in [0.2, 0.25) is 0 Å². The molecular weight excluding hydrogens is 234 g/mol. The van der Waals surface area contributed by atoms with Crippen LogP contribution in [0.1, 0.15) is 37.7 Å². The van der Waals surface area contributed by atoms with Gasteiger partial charge in [0.2, 0.25) is 0 Å². The van der Waals surface area contributed by atoms with Crippen molar-refractivity contribution >= 4 is 11.5 Å². The van der Waals surface area contributed by atoms with Gasteiger partial charge in [0.15, 0.2) is 0 Å². The van der Waals surface area contributed by atoms with Crippen LogP contribution in [0.5, 0.6) is 0 Å². The van der Waals surface area contributed by atoms with Crippen LogP contribution in [0.4, 0.5) is 5.69 Å². The van der Waals surface area contributed by atoms with E-state index in [0.717, 1.165) is 17.4 Å². The van der Waals surface area contributed by atoms with Crippen LogP contribution in [0.3, 0.4) is 0 Å². The second-order valence-electron chi connectivity index (χ2n) is 6.00. The molecule has 3 rings (SSSR count). The standard InChI is InChI=1S/C16H23N3/c17-16(18)13-5-7-15(8-6-13)19-10-9-12-3-1-2-4-14(12)11-19/h5-8,12,14H,1-4,9-11H2,(H3,17,18). The van der Waals surface area contributed by atoms with Crippen molar-refractivity contribution in [1.82, 2.24) is 0 Å². The van der Waals surface area contributed by atoms with E-state index in [9.17, 15) is 0 Å². The van der Waals surface area contributed by atoms with E-state index in [1.54, 1.807) is 0 Å². The number of benzene rings is 1. The van der Waals surface area contributed by atoms with Crippen molar-refractivity contribution in [3.8, 4) is 0 Å². The molecule has 3 nitrogen and oxygen atoms in total. The molecule has 3 N–H and O–H groups in total. The molecule has 0 spiro atoms. The number of nitrogens with zero attached hydrogens (tertiary/aromatic N) is 1. The second-order valence-corrected chi connectivity index (χ2v) is 6.00. The second kappa shape index (κ2) is 5.24. The zero-order valence-corrected chi connectivity index (χ0v) is 11.4. The summed E-state index contributed by atoms with van der Waals surface area (Å²) in [7, 11) is 0. The summed E-state index contributed by atoms with van der Waals surface area (Å²) in [4.78, 5) is 2.51. The van der Waals surface area contributed by atoms with Gasteiger partial charge in [0.05, 0.1) is 0 Å². The molecule has 1 saturated heterocycles. The highest BCUT2D eigenvalue weighted by atomic mass is 15.1. The maximum Gasteiger partial charge on any atom is 0.122 e. The molecule has 1 heterocycles. The molecule has 1 aromatic carbocycles. The minimum Gasteiger partial charge on any atom is -0.384 e. The van der Waals surface area contributed by atoms with Crippen molar-refractivity contribution in [2.45, 2.75) is 32.1 Å².